The Labute approximate surface area is 109 Å². The summed E-state index contributed by atoms with van der Waals surface area (Å²) < 4.78 is 5.64. The van der Waals surface area contributed by atoms with E-state index in [1.807, 2.05) is 0 Å². The predicted octanol–water partition coefficient (Wildman–Crippen LogP) is 3.49. The fraction of sp³-hybridized carbons (Fsp3) is 0.571. The van der Waals surface area contributed by atoms with Gasteiger partial charge >= 0.3 is 0 Å². The Hall–Kier alpha value is -0.510. The van der Waals surface area contributed by atoms with Gasteiger partial charge in [0.1, 0.15) is 0 Å². The molecular formula is C14H23NOS. The first-order valence-electron chi connectivity index (χ1n) is 6.26. The van der Waals surface area contributed by atoms with Crippen molar-refractivity contribution in [3.05, 3.63) is 29.8 Å². The van der Waals surface area contributed by atoms with Crippen LogP contribution in [-0.4, -0.2) is 26.0 Å². The summed E-state index contributed by atoms with van der Waals surface area (Å²) in [6.45, 7) is 6.81. The molecule has 1 atom stereocenters. The molecule has 0 aliphatic heterocycles. The molecule has 2 nitrogen and oxygen atoms in total. The van der Waals surface area contributed by atoms with Gasteiger partial charge in [-0.1, -0.05) is 26.0 Å². The van der Waals surface area contributed by atoms with E-state index in [-0.39, 0.29) is 0 Å². The zero-order valence-corrected chi connectivity index (χ0v) is 11.8. The van der Waals surface area contributed by atoms with Gasteiger partial charge in [0, 0.05) is 11.5 Å². The molecule has 0 bridgehead atoms. The second kappa shape index (κ2) is 8.56. The quantitative estimate of drug-likeness (QED) is 0.566. The Bertz CT molecular complexity index is 300. The van der Waals surface area contributed by atoms with Crippen molar-refractivity contribution in [2.45, 2.75) is 31.2 Å². The predicted molar refractivity (Wildman–Crippen MR) is 75.8 cm³/mol. The number of thioether (sulfide) groups is 1. The summed E-state index contributed by atoms with van der Waals surface area (Å²) in [7, 11) is 0. The average Bonchev–Trinajstić information content (AvgIpc) is 2.38. The average molecular weight is 253 g/mol. The third-order valence-corrected chi connectivity index (χ3v) is 3.35. The van der Waals surface area contributed by atoms with Crippen molar-refractivity contribution >= 4 is 11.8 Å². The molecular weight excluding hydrogens is 230 g/mol. The van der Waals surface area contributed by atoms with E-state index in [4.69, 9.17) is 4.74 Å². The molecule has 0 spiro atoms. The highest BCUT2D eigenvalue weighted by molar-refractivity contribution is 7.98. The van der Waals surface area contributed by atoms with Gasteiger partial charge in [-0.2, -0.15) is 0 Å². The topological polar surface area (TPSA) is 21.3 Å². The molecule has 0 heterocycles. The Balaban J connectivity index is 2.60. The normalized spacial score (nSPS) is 12.6. The van der Waals surface area contributed by atoms with E-state index < -0.39 is 0 Å². The number of rotatable bonds is 8. The van der Waals surface area contributed by atoms with Gasteiger partial charge < -0.3 is 10.1 Å². The second-order valence-electron chi connectivity index (χ2n) is 3.96. The number of ether oxygens (including phenoxy) is 1. The summed E-state index contributed by atoms with van der Waals surface area (Å²) in [6, 6.07) is 9.03. The summed E-state index contributed by atoms with van der Waals surface area (Å²) in [5, 5.41) is 3.46. The number of benzene rings is 1. The SMILES string of the molecule is CCCOCC(NCC)c1ccc(SC)cc1. The number of likely N-dealkylation sites (N-methyl/N-ethyl adjacent to an activating group) is 1. The van der Waals surface area contributed by atoms with Crippen molar-refractivity contribution in [2.24, 2.45) is 0 Å². The van der Waals surface area contributed by atoms with E-state index in [1.54, 1.807) is 11.8 Å². The molecule has 0 aliphatic rings. The molecule has 1 aromatic rings. The van der Waals surface area contributed by atoms with E-state index in [0.29, 0.717) is 6.04 Å². The molecule has 0 saturated heterocycles. The van der Waals surface area contributed by atoms with Gasteiger partial charge in [0.2, 0.25) is 0 Å². The van der Waals surface area contributed by atoms with E-state index in [9.17, 15) is 0 Å². The van der Waals surface area contributed by atoms with Crippen LogP contribution in [0.15, 0.2) is 29.2 Å². The molecule has 0 aliphatic carbocycles. The Morgan fingerprint density at radius 2 is 1.94 bits per heavy atom. The fourth-order valence-electron chi connectivity index (χ4n) is 1.70. The van der Waals surface area contributed by atoms with Crippen molar-refractivity contribution < 1.29 is 4.74 Å². The van der Waals surface area contributed by atoms with Crippen LogP contribution in [0.4, 0.5) is 0 Å². The number of hydrogen-bond acceptors (Lipinski definition) is 3. The van der Waals surface area contributed by atoms with Gasteiger partial charge in [-0.3, -0.25) is 0 Å². The van der Waals surface area contributed by atoms with E-state index in [2.05, 4.69) is 49.7 Å². The molecule has 3 heteroatoms. The molecule has 0 fully saturated rings. The standard InChI is InChI=1S/C14H23NOS/c1-4-10-16-11-14(15-5-2)12-6-8-13(17-3)9-7-12/h6-9,14-15H,4-5,10-11H2,1-3H3. The van der Waals surface area contributed by atoms with Gasteiger partial charge in [0.25, 0.3) is 0 Å². The summed E-state index contributed by atoms with van der Waals surface area (Å²) in [6.07, 6.45) is 3.17. The molecule has 0 saturated carbocycles. The van der Waals surface area contributed by atoms with Crippen LogP contribution in [0.2, 0.25) is 0 Å². The zero-order valence-electron chi connectivity index (χ0n) is 11.0. The summed E-state index contributed by atoms with van der Waals surface area (Å²) in [5.74, 6) is 0. The highest BCUT2D eigenvalue weighted by Gasteiger charge is 2.09. The highest BCUT2D eigenvalue weighted by Crippen LogP contribution is 2.19. The minimum absolute atomic E-state index is 0.308. The maximum atomic E-state index is 5.64. The van der Waals surface area contributed by atoms with E-state index >= 15 is 0 Å². The monoisotopic (exact) mass is 253 g/mol. The Kier molecular flexibility index (Phi) is 7.33. The molecule has 96 valence electrons. The van der Waals surface area contributed by atoms with Crippen molar-refractivity contribution in [3.8, 4) is 0 Å². The lowest BCUT2D eigenvalue weighted by Crippen LogP contribution is -2.25. The van der Waals surface area contributed by atoms with Crippen LogP contribution >= 0.6 is 11.8 Å². The van der Waals surface area contributed by atoms with Gasteiger partial charge in [-0.25, -0.2) is 0 Å². The van der Waals surface area contributed by atoms with Crippen molar-refractivity contribution in [1.29, 1.82) is 0 Å². The van der Waals surface area contributed by atoms with Crippen molar-refractivity contribution in [1.82, 2.24) is 5.32 Å². The molecule has 0 aromatic heterocycles. The lowest BCUT2D eigenvalue weighted by molar-refractivity contribution is 0.112. The number of nitrogens with one attached hydrogen (secondary N) is 1. The molecule has 1 rings (SSSR count). The summed E-state index contributed by atoms with van der Waals surface area (Å²) in [5.41, 5.74) is 1.31. The first-order valence-corrected chi connectivity index (χ1v) is 7.49. The van der Waals surface area contributed by atoms with Crippen LogP contribution < -0.4 is 5.32 Å². The van der Waals surface area contributed by atoms with Gasteiger partial charge in [-0.05, 0) is 36.9 Å². The van der Waals surface area contributed by atoms with Gasteiger partial charge in [0.15, 0.2) is 0 Å². The van der Waals surface area contributed by atoms with Crippen LogP contribution in [0, 0.1) is 0 Å². The largest absolute Gasteiger partial charge is 0.379 e. The fourth-order valence-corrected chi connectivity index (χ4v) is 2.11. The lowest BCUT2D eigenvalue weighted by atomic mass is 10.1. The number of hydrogen-bond donors (Lipinski definition) is 1. The van der Waals surface area contributed by atoms with Crippen LogP contribution in [0.5, 0.6) is 0 Å². The van der Waals surface area contributed by atoms with Gasteiger partial charge in [0.05, 0.1) is 12.6 Å². The van der Waals surface area contributed by atoms with Crippen LogP contribution in [0.3, 0.4) is 0 Å². The van der Waals surface area contributed by atoms with Crippen LogP contribution in [0.25, 0.3) is 0 Å². The molecule has 1 unspecified atom stereocenters. The van der Waals surface area contributed by atoms with E-state index in [0.717, 1.165) is 26.2 Å². The van der Waals surface area contributed by atoms with Crippen molar-refractivity contribution in [3.63, 3.8) is 0 Å². The minimum Gasteiger partial charge on any atom is -0.379 e. The molecule has 0 radical (unpaired) electrons. The van der Waals surface area contributed by atoms with Crippen LogP contribution in [0.1, 0.15) is 31.9 Å². The first kappa shape index (κ1) is 14.6. The Morgan fingerprint density at radius 3 is 2.47 bits per heavy atom. The van der Waals surface area contributed by atoms with Gasteiger partial charge in [-0.15, -0.1) is 11.8 Å². The maximum Gasteiger partial charge on any atom is 0.0661 e. The molecule has 17 heavy (non-hydrogen) atoms. The maximum absolute atomic E-state index is 5.64. The molecule has 1 aromatic carbocycles. The van der Waals surface area contributed by atoms with Crippen LogP contribution in [-0.2, 0) is 4.74 Å². The smallest absolute Gasteiger partial charge is 0.0661 e. The first-order chi connectivity index (χ1) is 8.31. The second-order valence-corrected chi connectivity index (χ2v) is 4.84. The zero-order chi connectivity index (χ0) is 12.5. The lowest BCUT2D eigenvalue weighted by Gasteiger charge is -2.18. The molecule has 1 N–H and O–H groups in total. The minimum atomic E-state index is 0.308. The Morgan fingerprint density at radius 1 is 1.24 bits per heavy atom. The summed E-state index contributed by atoms with van der Waals surface area (Å²) >= 11 is 1.77. The molecule has 0 amide bonds. The highest BCUT2D eigenvalue weighted by atomic mass is 32.2. The third kappa shape index (κ3) is 5.11. The third-order valence-electron chi connectivity index (χ3n) is 2.60. The van der Waals surface area contributed by atoms with E-state index in [1.165, 1.54) is 10.5 Å². The summed E-state index contributed by atoms with van der Waals surface area (Å²) in [4.78, 5) is 1.30. The van der Waals surface area contributed by atoms with Crippen molar-refractivity contribution in [2.75, 3.05) is 26.0 Å².